The molecule has 0 fully saturated rings. The molecule has 0 spiro atoms. The smallest absolute Gasteiger partial charge is 0.139 e. The highest BCUT2D eigenvalue weighted by atomic mass is 79.9. The van der Waals surface area contributed by atoms with E-state index in [-0.39, 0.29) is 12.4 Å². The molecule has 0 saturated heterocycles. The van der Waals surface area contributed by atoms with Gasteiger partial charge in [0.2, 0.25) is 0 Å². The third kappa shape index (κ3) is 3.14. The summed E-state index contributed by atoms with van der Waals surface area (Å²) in [6, 6.07) is 9.01. The molecule has 0 amide bonds. The highest BCUT2D eigenvalue weighted by molar-refractivity contribution is 9.10. The van der Waals surface area contributed by atoms with E-state index in [2.05, 4.69) is 21.2 Å². The first-order valence-electron chi connectivity index (χ1n) is 5.89. The first-order valence-corrected chi connectivity index (χ1v) is 6.68. The Labute approximate surface area is 124 Å². The van der Waals surface area contributed by atoms with Crippen molar-refractivity contribution in [1.82, 2.24) is 0 Å². The minimum atomic E-state index is -0.403. The van der Waals surface area contributed by atoms with Crippen LogP contribution >= 0.6 is 15.9 Å². The number of aryl methyl sites for hydroxylation is 1. The predicted octanol–water partition coefficient (Wildman–Crippen LogP) is 4.52. The molecule has 0 atom stereocenters. The van der Waals surface area contributed by atoms with Gasteiger partial charge in [0.15, 0.2) is 0 Å². The third-order valence-corrected chi connectivity index (χ3v) is 3.53. The monoisotopic (exact) mass is 336 g/mol. The van der Waals surface area contributed by atoms with E-state index >= 15 is 0 Å². The summed E-state index contributed by atoms with van der Waals surface area (Å²) in [5.41, 5.74) is 2.40. The summed E-state index contributed by atoms with van der Waals surface area (Å²) < 4.78 is 27.1. The van der Waals surface area contributed by atoms with Gasteiger partial charge in [0.05, 0.1) is 16.1 Å². The van der Waals surface area contributed by atoms with Gasteiger partial charge in [-0.1, -0.05) is 0 Å². The lowest BCUT2D eigenvalue weighted by Gasteiger charge is -2.11. The van der Waals surface area contributed by atoms with E-state index in [4.69, 9.17) is 5.26 Å². The molecule has 1 N–H and O–H groups in total. The van der Waals surface area contributed by atoms with Gasteiger partial charge in [-0.2, -0.15) is 5.26 Å². The molecular weight excluding hydrogens is 326 g/mol. The maximum Gasteiger partial charge on any atom is 0.139 e. The van der Waals surface area contributed by atoms with E-state index in [1.807, 2.05) is 13.0 Å². The third-order valence-electron chi connectivity index (χ3n) is 2.92. The van der Waals surface area contributed by atoms with Gasteiger partial charge < -0.3 is 5.32 Å². The number of benzene rings is 2. The van der Waals surface area contributed by atoms with Crippen LogP contribution in [0.3, 0.4) is 0 Å². The SMILES string of the molecule is Cc1cc(Br)c(F)cc1NCc1cc(F)ccc1C#N. The first-order chi connectivity index (χ1) is 9.51. The number of rotatable bonds is 3. The molecule has 0 radical (unpaired) electrons. The lowest BCUT2D eigenvalue weighted by Crippen LogP contribution is -2.04. The zero-order chi connectivity index (χ0) is 14.7. The largest absolute Gasteiger partial charge is 0.381 e. The van der Waals surface area contributed by atoms with E-state index < -0.39 is 5.82 Å². The molecule has 5 heteroatoms. The average Bonchev–Trinajstić information content (AvgIpc) is 2.41. The number of anilines is 1. The number of hydrogen-bond acceptors (Lipinski definition) is 2. The molecule has 0 aromatic heterocycles. The number of nitrogens with zero attached hydrogens (tertiary/aromatic N) is 1. The zero-order valence-electron chi connectivity index (χ0n) is 10.7. The fourth-order valence-electron chi connectivity index (χ4n) is 1.84. The molecular formula is C15H11BrF2N2. The molecule has 2 nitrogen and oxygen atoms in total. The van der Waals surface area contributed by atoms with Gasteiger partial charge in [0, 0.05) is 12.2 Å². The summed E-state index contributed by atoms with van der Waals surface area (Å²) in [5, 5.41) is 12.0. The molecule has 0 unspecified atom stereocenters. The Morgan fingerprint density at radius 1 is 1.25 bits per heavy atom. The number of nitrogens with one attached hydrogen (secondary N) is 1. The van der Waals surface area contributed by atoms with Gasteiger partial charge in [0.25, 0.3) is 0 Å². The van der Waals surface area contributed by atoms with Crippen molar-refractivity contribution in [3.8, 4) is 6.07 Å². The second-order valence-corrected chi connectivity index (χ2v) is 5.20. The van der Waals surface area contributed by atoms with Crippen molar-refractivity contribution < 1.29 is 8.78 Å². The van der Waals surface area contributed by atoms with Crippen molar-refractivity contribution >= 4 is 21.6 Å². The second kappa shape index (κ2) is 6.02. The number of nitriles is 1. The summed E-state index contributed by atoms with van der Waals surface area (Å²) >= 11 is 3.11. The standard InChI is InChI=1S/C15H11BrF2N2/c1-9-4-13(16)14(18)6-15(9)20-8-11-5-12(17)3-2-10(11)7-19/h2-6,20H,8H2,1H3. The van der Waals surface area contributed by atoms with Crippen molar-refractivity contribution in [3.63, 3.8) is 0 Å². The van der Waals surface area contributed by atoms with Crippen LogP contribution in [0.2, 0.25) is 0 Å². The Balaban J connectivity index is 2.23. The molecule has 0 bridgehead atoms. The van der Waals surface area contributed by atoms with Crippen LogP contribution in [0.4, 0.5) is 14.5 Å². The molecule has 0 aliphatic rings. The Hall–Kier alpha value is -1.93. The Morgan fingerprint density at radius 3 is 2.70 bits per heavy atom. The van der Waals surface area contributed by atoms with Crippen LogP contribution in [0.5, 0.6) is 0 Å². The highest BCUT2D eigenvalue weighted by Crippen LogP contribution is 2.24. The molecule has 0 heterocycles. The highest BCUT2D eigenvalue weighted by Gasteiger charge is 2.07. The van der Waals surface area contributed by atoms with Gasteiger partial charge in [-0.25, -0.2) is 8.78 Å². The number of halogens is 3. The van der Waals surface area contributed by atoms with Crippen molar-refractivity contribution in [1.29, 1.82) is 5.26 Å². The van der Waals surface area contributed by atoms with Gasteiger partial charge in [-0.15, -0.1) is 0 Å². The lowest BCUT2D eigenvalue weighted by atomic mass is 10.1. The summed E-state index contributed by atoms with van der Waals surface area (Å²) in [4.78, 5) is 0. The Morgan fingerprint density at radius 2 is 2.00 bits per heavy atom. The van der Waals surface area contributed by atoms with Crippen molar-refractivity contribution in [2.75, 3.05) is 5.32 Å². The normalized spacial score (nSPS) is 10.2. The summed E-state index contributed by atoms with van der Waals surface area (Å²) in [6.45, 7) is 2.09. The molecule has 0 aliphatic heterocycles. The van der Waals surface area contributed by atoms with Crippen molar-refractivity contribution in [2.24, 2.45) is 0 Å². The molecule has 2 rings (SSSR count). The van der Waals surface area contributed by atoms with Gasteiger partial charge >= 0.3 is 0 Å². The van der Waals surface area contributed by atoms with Crippen LogP contribution in [0.25, 0.3) is 0 Å². The lowest BCUT2D eigenvalue weighted by molar-refractivity contribution is 0.620. The van der Waals surface area contributed by atoms with Gasteiger partial charge in [-0.05, 0) is 64.3 Å². The Kier molecular flexibility index (Phi) is 4.35. The van der Waals surface area contributed by atoms with E-state index in [0.29, 0.717) is 21.3 Å². The molecule has 102 valence electrons. The predicted molar refractivity (Wildman–Crippen MR) is 77.3 cm³/mol. The maximum absolute atomic E-state index is 13.5. The van der Waals surface area contributed by atoms with Crippen LogP contribution in [-0.4, -0.2) is 0 Å². The van der Waals surface area contributed by atoms with Gasteiger partial charge in [-0.3, -0.25) is 0 Å². The van der Waals surface area contributed by atoms with Crippen LogP contribution < -0.4 is 5.32 Å². The Bertz CT molecular complexity index is 693. The number of hydrogen-bond donors (Lipinski definition) is 1. The van der Waals surface area contributed by atoms with Crippen LogP contribution in [0.15, 0.2) is 34.8 Å². The van der Waals surface area contributed by atoms with E-state index in [0.717, 1.165) is 5.56 Å². The van der Waals surface area contributed by atoms with Gasteiger partial charge in [0.1, 0.15) is 11.6 Å². The maximum atomic E-state index is 13.5. The molecule has 0 aliphatic carbocycles. The van der Waals surface area contributed by atoms with E-state index in [9.17, 15) is 8.78 Å². The summed E-state index contributed by atoms with van der Waals surface area (Å²) in [6.07, 6.45) is 0. The summed E-state index contributed by atoms with van der Waals surface area (Å²) in [5.74, 6) is -0.780. The van der Waals surface area contributed by atoms with Crippen molar-refractivity contribution in [3.05, 3.63) is 63.1 Å². The van der Waals surface area contributed by atoms with Crippen molar-refractivity contribution in [2.45, 2.75) is 13.5 Å². The first kappa shape index (κ1) is 14.5. The fourth-order valence-corrected chi connectivity index (χ4v) is 2.30. The zero-order valence-corrected chi connectivity index (χ0v) is 12.3. The molecule has 2 aromatic carbocycles. The minimum absolute atomic E-state index is 0.253. The minimum Gasteiger partial charge on any atom is -0.381 e. The topological polar surface area (TPSA) is 35.8 Å². The summed E-state index contributed by atoms with van der Waals surface area (Å²) in [7, 11) is 0. The second-order valence-electron chi connectivity index (χ2n) is 4.35. The van der Waals surface area contributed by atoms with Crippen LogP contribution in [0.1, 0.15) is 16.7 Å². The quantitative estimate of drug-likeness (QED) is 0.894. The van der Waals surface area contributed by atoms with E-state index in [1.54, 1.807) is 6.07 Å². The van der Waals surface area contributed by atoms with E-state index in [1.165, 1.54) is 24.3 Å². The fraction of sp³-hybridized carbons (Fsp3) is 0.133. The van der Waals surface area contributed by atoms with Crippen LogP contribution in [0, 0.1) is 29.9 Å². The molecule has 20 heavy (non-hydrogen) atoms. The average molecular weight is 337 g/mol. The van der Waals surface area contributed by atoms with Crippen LogP contribution in [-0.2, 0) is 6.54 Å². The molecule has 2 aromatic rings. The molecule has 0 saturated carbocycles.